The summed E-state index contributed by atoms with van der Waals surface area (Å²) in [4.78, 5) is 24.2. The van der Waals surface area contributed by atoms with E-state index in [4.69, 9.17) is 0 Å². The van der Waals surface area contributed by atoms with Crippen molar-refractivity contribution in [1.29, 1.82) is 0 Å². The van der Waals surface area contributed by atoms with Crippen LogP contribution in [0.1, 0.15) is 33.1 Å². The summed E-state index contributed by atoms with van der Waals surface area (Å²) in [5.74, 6) is -0.111. The summed E-state index contributed by atoms with van der Waals surface area (Å²) >= 11 is 0. The van der Waals surface area contributed by atoms with Gasteiger partial charge in [0.25, 0.3) is 0 Å². The molecule has 0 radical (unpaired) electrons. The van der Waals surface area contributed by atoms with Crippen molar-refractivity contribution in [2.45, 2.75) is 44.7 Å². The van der Waals surface area contributed by atoms with Gasteiger partial charge in [0, 0.05) is 13.1 Å². The van der Waals surface area contributed by atoms with Gasteiger partial charge in [-0.05, 0) is 26.2 Å². The molecule has 100 valence electrons. The first kappa shape index (κ1) is 12.7. The zero-order valence-corrected chi connectivity index (χ0v) is 10.9. The molecule has 7 nitrogen and oxygen atoms in total. The van der Waals surface area contributed by atoms with Crippen LogP contribution in [0.25, 0.3) is 0 Å². The molecule has 18 heavy (non-hydrogen) atoms. The Hall–Kier alpha value is -1.79. The van der Waals surface area contributed by atoms with Crippen molar-refractivity contribution in [2.75, 3.05) is 12.5 Å². The van der Waals surface area contributed by atoms with Crippen LogP contribution in [0, 0.1) is 0 Å². The molecule has 0 aliphatic heterocycles. The maximum atomic E-state index is 12.2. The van der Waals surface area contributed by atoms with Crippen molar-refractivity contribution in [1.82, 2.24) is 19.8 Å². The van der Waals surface area contributed by atoms with Crippen LogP contribution < -0.4 is 16.4 Å². The highest BCUT2D eigenvalue weighted by atomic mass is 16.2. The summed E-state index contributed by atoms with van der Waals surface area (Å²) in [6, 6.07) is 0.108. The average Bonchev–Trinajstić information content (AvgIpc) is 3.08. The average molecular weight is 253 g/mol. The number of hydrogen-bond acceptors (Lipinski definition) is 4. The van der Waals surface area contributed by atoms with Gasteiger partial charge in [-0.1, -0.05) is 6.92 Å². The molecular weight excluding hydrogens is 234 g/mol. The van der Waals surface area contributed by atoms with Gasteiger partial charge in [-0.3, -0.25) is 4.79 Å². The maximum absolute atomic E-state index is 12.2. The first-order valence-electron chi connectivity index (χ1n) is 6.21. The van der Waals surface area contributed by atoms with E-state index in [2.05, 4.69) is 15.8 Å². The summed E-state index contributed by atoms with van der Waals surface area (Å²) in [5.41, 5.74) is 1.61. The number of amides is 1. The second kappa shape index (κ2) is 4.47. The zero-order chi connectivity index (χ0) is 13.3. The summed E-state index contributed by atoms with van der Waals surface area (Å²) in [6.45, 7) is 3.95. The van der Waals surface area contributed by atoms with Gasteiger partial charge < -0.3 is 10.7 Å². The molecular formula is C11H19N5O2. The van der Waals surface area contributed by atoms with Gasteiger partial charge in [-0.2, -0.15) is 14.5 Å². The Bertz CT molecular complexity index is 500. The lowest BCUT2D eigenvalue weighted by Crippen LogP contribution is -2.47. The van der Waals surface area contributed by atoms with Gasteiger partial charge in [-0.15, -0.1) is 0 Å². The Balaban J connectivity index is 2.23. The smallest absolute Gasteiger partial charge is 0.352 e. The van der Waals surface area contributed by atoms with E-state index in [0.717, 1.165) is 6.42 Å². The van der Waals surface area contributed by atoms with E-state index in [1.165, 1.54) is 15.7 Å². The Kier molecular flexibility index (Phi) is 3.14. The van der Waals surface area contributed by atoms with Gasteiger partial charge >= 0.3 is 5.69 Å². The number of carbonyl (C=O) groups is 1. The van der Waals surface area contributed by atoms with E-state index in [1.54, 1.807) is 7.05 Å². The van der Waals surface area contributed by atoms with Crippen LogP contribution in [0.4, 0.5) is 0 Å². The first-order valence-corrected chi connectivity index (χ1v) is 6.21. The van der Waals surface area contributed by atoms with Crippen molar-refractivity contribution < 1.29 is 4.79 Å². The predicted octanol–water partition coefficient (Wildman–Crippen LogP) is -0.378. The Morgan fingerprint density at radius 3 is 2.72 bits per heavy atom. The number of carbonyl (C=O) groups excluding carboxylic acids is 1. The molecule has 1 unspecified atom stereocenters. The lowest BCUT2D eigenvalue weighted by molar-refractivity contribution is -0.126. The molecule has 2 rings (SSSR count). The number of nitrogens with one attached hydrogen (secondary N) is 2. The van der Waals surface area contributed by atoms with E-state index in [-0.39, 0.29) is 17.6 Å². The number of rotatable bonds is 5. The minimum atomic E-state index is -0.775. The minimum absolute atomic E-state index is 0.108. The van der Waals surface area contributed by atoms with Gasteiger partial charge in [0.1, 0.15) is 11.9 Å². The lowest BCUT2D eigenvalue weighted by atomic mass is 10.2. The molecule has 1 saturated carbocycles. The normalized spacial score (nSPS) is 18.2. The molecule has 2 N–H and O–H groups in total. The summed E-state index contributed by atoms with van der Waals surface area (Å²) < 4.78 is 2.54. The highest BCUT2D eigenvalue weighted by Crippen LogP contribution is 2.42. The molecule has 1 aliphatic carbocycles. The van der Waals surface area contributed by atoms with E-state index < -0.39 is 5.54 Å². The van der Waals surface area contributed by atoms with Crippen molar-refractivity contribution >= 4 is 5.91 Å². The van der Waals surface area contributed by atoms with Crippen molar-refractivity contribution in [3.8, 4) is 0 Å². The van der Waals surface area contributed by atoms with Crippen LogP contribution in [0.2, 0.25) is 0 Å². The molecule has 1 aromatic rings. The van der Waals surface area contributed by atoms with Crippen LogP contribution in [0.3, 0.4) is 0 Å². The molecule has 0 spiro atoms. The van der Waals surface area contributed by atoms with Gasteiger partial charge in [0.05, 0.1) is 0 Å². The fraction of sp³-hybridized carbons (Fsp3) is 0.727. The Morgan fingerprint density at radius 2 is 2.28 bits per heavy atom. The summed E-state index contributed by atoms with van der Waals surface area (Å²) in [5, 5.41) is 6.94. The fourth-order valence-corrected chi connectivity index (χ4v) is 1.86. The fourth-order valence-electron chi connectivity index (χ4n) is 1.86. The van der Waals surface area contributed by atoms with E-state index >= 15 is 0 Å². The number of aromatic nitrogens is 3. The van der Waals surface area contributed by atoms with Crippen LogP contribution in [-0.4, -0.2) is 33.5 Å². The van der Waals surface area contributed by atoms with Gasteiger partial charge in [-0.25, -0.2) is 4.79 Å². The molecule has 1 atom stereocenters. The molecule has 0 aromatic carbocycles. The topological polar surface area (TPSA) is 81.0 Å². The van der Waals surface area contributed by atoms with E-state index in [1.807, 2.05) is 13.8 Å². The highest BCUT2D eigenvalue weighted by Gasteiger charge is 2.54. The summed E-state index contributed by atoms with van der Waals surface area (Å²) in [6.07, 6.45) is 3.58. The molecule has 1 heterocycles. The standard InChI is InChI=1S/C11H19N5O2/c1-4-8(2)14-9(17)11(5-6-11)16-10(18)15(12-3)7-13-16/h7-8,12H,4-6H2,1-3H3,(H,14,17). The molecule has 0 bridgehead atoms. The first-order chi connectivity index (χ1) is 8.55. The minimum Gasteiger partial charge on any atom is -0.352 e. The molecule has 1 aromatic heterocycles. The van der Waals surface area contributed by atoms with Crippen LogP contribution in [0.15, 0.2) is 11.1 Å². The Morgan fingerprint density at radius 1 is 1.61 bits per heavy atom. The SMILES string of the molecule is CCC(C)NC(=O)C1(n2ncn(NC)c2=O)CC1. The second-order valence-corrected chi connectivity index (χ2v) is 4.73. The highest BCUT2D eigenvalue weighted by molar-refractivity contribution is 5.87. The largest absolute Gasteiger partial charge is 0.365 e. The van der Waals surface area contributed by atoms with Gasteiger partial charge in [0.15, 0.2) is 0 Å². The van der Waals surface area contributed by atoms with Crippen LogP contribution >= 0.6 is 0 Å². The molecule has 1 amide bonds. The predicted molar refractivity (Wildman–Crippen MR) is 66.9 cm³/mol. The van der Waals surface area contributed by atoms with Gasteiger partial charge in [0.2, 0.25) is 5.91 Å². The van der Waals surface area contributed by atoms with Crippen molar-refractivity contribution in [3.05, 3.63) is 16.8 Å². The third-order valence-electron chi connectivity index (χ3n) is 3.45. The quantitative estimate of drug-likeness (QED) is 0.749. The Labute approximate surface area is 105 Å². The number of hydrogen-bond donors (Lipinski definition) is 2. The van der Waals surface area contributed by atoms with E-state index in [0.29, 0.717) is 12.8 Å². The second-order valence-electron chi connectivity index (χ2n) is 4.73. The zero-order valence-electron chi connectivity index (χ0n) is 10.9. The molecule has 1 aliphatic rings. The summed E-state index contributed by atoms with van der Waals surface area (Å²) in [7, 11) is 1.63. The molecule has 1 fully saturated rings. The lowest BCUT2D eigenvalue weighted by Gasteiger charge is -2.18. The third kappa shape index (κ3) is 1.89. The monoisotopic (exact) mass is 253 g/mol. The van der Waals surface area contributed by atoms with Crippen molar-refractivity contribution in [3.63, 3.8) is 0 Å². The maximum Gasteiger partial charge on any atom is 0.365 e. The van der Waals surface area contributed by atoms with Crippen LogP contribution in [-0.2, 0) is 10.3 Å². The third-order valence-corrected chi connectivity index (χ3v) is 3.45. The number of nitrogens with zero attached hydrogens (tertiary/aromatic N) is 3. The van der Waals surface area contributed by atoms with E-state index in [9.17, 15) is 9.59 Å². The van der Waals surface area contributed by atoms with Crippen molar-refractivity contribution in [2.24, 2.45) is 0 Å². The molecule has 0 saturated heterocycles. The molecule has 7 heteroatoms. The van der Waals surface area contributed by atoms with Crippen LogP contribution in [0.5, 0.6) is 0 Å².